The van der Waals surface area contributed by atoms with E-state index in [1.165, 1.54) is 21.6 Å². The van der Waals surface area contributed by atoms with Crippen LogP contribution in [0, 0.1) is 0 Å². The quantitative estimate of drug-likeness (QED) is 0.0372. The molecule has 0 fully saturated rings. The maximum atomic E-state index is 13.9. The summed E-state index contributed by atoms with van der Waals surface area (Å²) in [5.74, 6) is -3.78. The molecule has 24 heteroatoms. The molecule has 2 rings (SSSR count). The molecule has 76 heavy (non-hydrogen) atoms. The first-order valence-corrected chi connectivity index (χ1v) is 27.4. The molecule has 2 N–H and O–H groups in total. The molecule has 0 unspecified atom stereocenters. The van der Waals surface area contributed by atoms with E-state index in [1.54, 1.807) is 90.1 Å². The lowest BCUT2D eigenvalue weighted by molar-refractivity contribution is -0.147. The van der Waals surface area contributed by atoms with Gasteiger partial charge in [-0.2, -0.15) is 0 Å². The Hall–Kier alpha value is -5.34. The molecule has 0 aliphatic rings. The fourth-order valence-electron chi connectivity index (χ4n) is 6.45. The Morgan fingerprint density at radius 1 is 0.342 bits per heavy atom. The molecule has 0 radical (unpaired) electrons. The van der Waals surface area contributed by atoms with Crippen molar-refractivity contribution >= 4 is 69.2 Å². The minimum Gasteiger partial charge on any atom is -0.466 e. The number of carbonyl (C=O) groups is 8. The van der Waals surface area contributed by atoms with Crippen molar-refractivity contribution in [1.82, 2.24) is 10.6 Å². The number of rotatable bonds is 43. The third-order valence-electron chi connectivity index (χ3n) is 10.0. The van der Waals surface area contributed by atoms with Crippen LogP contribution in [0.4, 0.5) is 0 Å². The van der Waals surface area contributed by atoms with Gasteiger partial charge in [0.2, 0.25) is 0 Å². The Bertz CT molecular complexity index is 1770. The normalized spacial score (nSPS) is 11.3. The Morgan fingerprint density at radius 3 is 0.724 bits per heavy atom. The van der Waals surface area contributed by atoms with Gasteiger partial charge in [0.15, 0.2) is 0 Å². The average Bonchev–Trinajstić information content (AvgIpc) is 3.39. The van der Waals surface area contributed by atoms with Crippen LogP contribution < -0.4 is 10.6 Å². The fraction of sp³-hybridized carbons (Fsp3) is 0.615. The Kier molecular flexibility index (Phi) is 35.1. The lowest BCUT2D eigenvalue weighted by Gasteiger charge is -2.34. The van der Waals surface area contributed by atoms with Gasteiger partial charge in [0, 0.05) is 20.9 Å². The van der Waals surface area contributed by atoms with Gasteiger partial charge in [0.05, 0.1) is 157 Å². The summed E-state index contributed by atoms with van der Waals surface area (Å²) in [5.41, 5.74) is -2.12. The highest BCUT2D eigenvalue weighted by molar-refractivity contribution is 8.76. The third-order valence-corrected chi connectivity index (χ3v) is 12.4. The van der Waals surface area contributed by atoms with E-state index in [1.807, 2.05) is 0 Å². The zero-order valence-electron chi connectivity index (χ0n) is 44.6. The van der Waals surface area contributed by atoms with Gasteiger partial charge in [-0.05, 0) is 90.1 Å². The van der Waals surface area contributed by atoms with Crippen LogP contribution in [0.1, 0.15) is 101 Å². The number of esters is 6. The van der Waals surface area contributed by atoms with Gasteiger partial charge in [0.1, 0.15) is 11.1 Å². The van der Waals surface area contributed by atoms with Gasteiger partial charge >= 0.3 is 35.8 Å². The van der Waals surface area contributed by atoms with Crippen LogP contribution in [0.15, 0.2) is 58.3 Å². The van der Waals surface area contributed by atoms with Gasteiger partial charge < -0.3 is 67.5 Å². The van der Waals surface area contributed by atoms with E-state index in [2.05, 4.69) is 10.6 Å². The molecule has 0 heterocycles. The molecule has 2 aromatic carbocycles. The maximum Gasteiger partial charge on any atom is 0.308 e. The highest BCUT2D eigenvalue weighted by Gasteiger charge is 2.36. The molecule has 0 saturated heterocycles. The van der Waals surface area contributed by atoms with Crippen molar-refractivity contribution in [2.24, 2.45) is 0 Å². The summed E-state index contributed by atoms with van der Waals surface area (Å²) in [6, 6.07) is 13.6. The molecule has 0 atom stereocenters. The van der Waals surface area contributed by atoms with E-state index in [0.29, 0.717) is 0 Å². The van der Waals surface area contributed by atoms with Crippen molar-refractivity contribution < 1.29 is 95.2 Å². The van der Waals surface area contributed by atoms with E-state index in [0.717, 1.165) is 9.79 Å². The van der Waals surface area contributed by atoms with Crippen LogP contribution in [-0.4, -0.2) is 178 Å². The number of ether oxygens (including phenoxy) is 12. The summed E-state index contributed by atoms with van der Waals surface area (Å²) in [5, 5.41) is 5.95. The average molecular weight is 1110 g/mol. The van der Waals surface area contributed by atoms with E-state index in [4.69, 9.17) is 56.8 Å². The van der Waals surface area contributed by atoms with Gasteiger partial charge in [-0.25, -0.2) is 0 Å². The van der Waals surface area contributed by atoms with Crippen molar-refractivity contribution in [3.05, 3.63) is 59.7 Å². The van der Waals surface area contributed by atoms with Gasteiger partial charge in [0.25, 0.3) is 11.8 Å². The molecule has 0 aliphatic heterocycles. The van der Waals surface area contributed by atoms with Crippen molar-refractivity contribution in [2.75, 3.05) is 119 Å². The molecular formula is C52H76N2O20S2. The summed E-state index contributed by atoms with van der Waals surface area (Å²) in [6.07, 6.45) is -0.275. The van der Waals surface area contributed by atoms with Gasteiger partial charge in [-0.3, -0.25) is 38.4 Å². The SMILES string of the molecule is CCOC(=O)CCOCC(COCCC(=O)OCC)(COCCC(=O)OCC)NC(=O)c1ccc(SSc2ccc(C(=O)NC(COCCC(=O)OCC)(COCCC(=O)OCC)COCCC(=O)OCC)cc2)cc1. The highest BCUT2D eigenvalue weighted by atomic mass is 33.1. The number of hydrogen-bond donors (Lipinski definition) is 2. The predicted molar refractivity (Wildman–Crippen MR) is 277 cm³/mol. The first kappa shape index (κ1) is 66.8. The Morgan fingerprint density at radius 2 is 0.539 bits per heavy atom. The zero-order valence-corrected chi connectivity index (χ0v) is 46.2. The van der Waals surface area contributed by atoms with Crippen LogP contribution in [0.3, 0.4) is 0 Å². The van der Waals surface area contributed by atoms with E-state index in [-0.39, 0.29) is 169 Å². The van der Waals surface area contributed by atoms with Crippen molar-refractivity contribution in [2.45, 2.75) is 101 Å². The number of amides is 2. The smallest absolute Gasteiger partial charge is 0.308 e. The number of carbonyl (C=O) groups excluding carboxylic acids is 8. The standard InChI is InChI=1S/C52H76N2O20S2/c1-7-69-43(55)21-27-63-33-51(34-64-28-22-44(56)70-8-2,35-65-29-23-45(57)71-9-3)53-49(61)39-13-17-41(18-14-39)75-76-42-19-15-40(16-20-42)50(62)54-52(36-66-30-24-46(58)72-10-4,37-67-31-25-47(59)73-11-5)38-68-32-26-48(60)74-12-6/h13-20H,7-12,21-38H2,1-6H3,(H,53,61)(H,54,62). The van der Waals surface area contributed by atoms with Crippen LogP contribution in [0.25, 0.3) is 0 Å². The van der Waals surface area contributed by atoms with Crippen LogP contribution in [0.2, 0.25) is 0 Å². The van der Waals surface area contributed by atoms with Crippen LogP contribution in [-0.2, 0) is 85.6 Å². The number of hydrogen-bond acceptors (Lipinski definition) is 22. The summed E-state index contributed by atoms with van der Waals surface area (Å²) >= 11 is 0. The molecule has 2 amide bonds. The molecule has 426 valence electrons. The van der Waals surface area contributed by atoms with E-state index in [9.17, 15) is 38.4 Å². The summed E-state index contributed by atoms with van der Waals surface area (Å²) in [4.78, 5) is 102. The predicted octanol–water partition coefficient (Wildman–Crippen LogP) is 5.24. The highest BCUT2D eigenvalue weighted by Crippen LogP contribution is 2.37. The molecule has 0 spiro atoms. The van der Waals surface area contributed by atoms with Crippen molar-refractivity contribution in [1.29, 1.82) is 0 Å². The second kappa shape index (κ2) is 40.0. The second-order valence-corrected chi connectivity index (χ2v) is 18.6. The monoisotopic (exact) mass is 1110 g/mol. The topological polar surface area (TPSA) is 271 Å². The Labute approximate surface area is 452 Å². The van der Waals surface area contributed by atoms with Crippen LogP contribution in [0.5, 0.6) is 0 Å². The van der Waals surface area contributed by atoms with E-state index >= 15 is 0 Å². The van der Waals surface area contributed by atoms with Gasteiger partial charge in [-0.1, -0.05) is 21.6 Å². The minimum absolute atomic E-state index is 0.0363. The summed E-state index contributed by atoms with van der Waals surface area (Å²) < 4.78 is 65.3. The molecule has 0 bridgehead atoms. The first-order chi connectivity index (χ1) is 36.7. The van der Waals surface area contributed by atoms with Gasteiger partial charge in [-0.15, -0.1) is 0 Å². The first-order valence-electron chi connectivity index (χ1n) is 25.3. The summed E-state index contributed by atoms with van der Waals surface area (Å²) in [7, 11) is 2.80. The largest absolute Gasteiger partial charge is 0.466 e. The molecular weight excluding hydrogens is 1040 g/mol. The van der Waals surface area contributed by atoms with Crippen molar-refractivity contribution in [3.8, 4) is 0 Å². The number of nitrogens with one attached hydrogen (secondary N) is 2. The minimum atomic E-state index is -1.35. The van der Waals surface area contributed by atoms with Crippen LogP contribution >= 0.6 is 21.6 Å². The lowest BCUT2D eigenvalue weighted by atomic mass is 10.0. The molecule has 0 aromatic heterocycles. The zero-order chi connectivity index (χ0) is 55.9. The Balaban J connectivity index is 2.26. The van der Waals surface area contributed by atoms with E-state index < -0.39 is 58.7 Å². The molecule has 2 aromatic rings. The second-order valence-electron chi connectivity index (χ2n) is 16.3. The van der Waals surface area contributed by atoms with Crippen molar-refractivity contribution in [3.63, 3.8) is 0 Å². The maximum absolute atomic E-state index is 13.9. The lowest BCUT2D eigenvalue weighted by Crippen LogP contribution is -2.58. The summed E-state index contributed by atoms with van der Waals surface area (Å²) in [6.45, 7) is 10.1. The molecule has 22 nitrogen and oxygen atoms in total. The number of benzene rings is 2. The fourth-order valence-corrected chi connectivity index (χ4v) is 8.38. The third kappa shape index (κ3) is 29.3. The molecule has 0 saturated carbocycles. The molecule has 0 aliphatic carbocycles.